The Morgan fingerprint density at radius 3 is 2.29 bits per heavy atom. The number of rotatable bonds is 3. The molecule has 1 atom stereocenters. The van der Waals surface area contributed by atoms with Gasteiger partial charge < -0.3 is 5.32 Å². The van der Waals surface area contributed by atoms with E-state index in [1.165, 1.54) is 12.1 Å². The van der Waals surface area contributed by atoms with Gasteiger partial charge in [0, 0.05) is 18.7 Å². The molecule has 1 unspecified atom stereocenters. The first-order valence-electron chi connectivity index (χ1n) is 6.03. The van der Waals surface area contributed by atoms with Gasteiger partial charge in [-0.15, -0.1) is 11.3 Å². The fraction of sp³-hybridized carbons (Fsp3) is 0.286. The summed E-state index contributed by atoms with van der Waals surface area (Å²) in [6, 6.07) is 5.35. The SMILES string of the molecule is CNC(c1cc(Br)c(C)s1)c1cc(C(F)(F)F)ccc1Br. The van der Waals surface area contributed by atoms with Gasteiger partial charge >= 0.3 is 6.18 Å². The fourth-order valence-corrected chi connectivity index (χ4v) is 4.18. The van der Waals surface area contributed by atoms with Crippen LogP contribution in [0.25, 0.3) is 0 Å². The van der Waals surface area contributed by atoms with Crippen molar-refractivity contribution in [3.05, 3.63) is 54.1 Å². The van der Waals surface area contributed by atoms with E-state index in [9.17, 15) is 13.2 Å². The summed E-state index contributed by atoms with van der Waals surface area (Å²) in [7, 11) is 1.74. The zero-order valence-electron chi connectivity index (χ0n) is 11.2. The normalized spacial score (nSPS) is 13.5. The molecule has 1 N–H and O–H groups in total. The number of thiophene rings is 1. The van der Waals surface area contributed by atoms with Crippen LogP contribution in [0.3, 0.4) is 0 Å². The van der Waals surface area contributed by atoms with Crippen molar-refractivity contribution in [1.29, 1.82) is 0 Å². The minimum atomic E-state index is -4.35. The smallest absolute Gasteiger partial charge is 0.309 e. The molecule has 0 aliphatic rings. The Labute approximate surface area is 141 Å². The summed E-state index contributed by atoms with van der Waals surface area (Å²) in [6.07, 6.45) is -4.35. The number of hydrogen-bond acceptors (Lipinski definition) is 2. The predicted molar refractivity (Wildman–Crippen MR) is 86.8 cm³/mol. The van der Waals surface area contributed by atoms with Gasteiger partial charge in [0.1, 0.15) is 0 Å². The Balaban J connectivity index is 2.51. The van der Waals surface area contributed by atoms with Gasteiger partial charge in [0.2, 0.25) is 0 Å². The number of aryl methyl sites for hydroxylation is 1. The van der Waals surface area contributed by atoms with Crippen molar-refractivity contribution in [3.8, 4) is 0 Å². The van der Waals surface area contributed by atoms with Crippen molar-refractivity contribution in [2.75, 3.05) is 7.05 Å². The number of alkyl halides is 3. The summed E-state index contributed by atoms with van der Waals surface area (Å²) in [5, 5.41) is 3.09. The quantitative estimate of drug-likeness (QED) is 0.623. The zero-order valence-corrected chi connectivity index (χ0v) is 15.2. The molecule has 21 heavy (non-hydrogen) atoms. The van der Waals surface area contributed by atoms with E-state index in [0.29, 0.717) is 10.0 Å². The maximum absolute atomic E-state index is 12.9. The van der Waals surface area contributed by atoms with Crippen LogP contribution in [-0.2, 0) is 6.18 Å². The Kier molecular flexibility index (Phi) is 5.18. The molecule has 2 rings (SSSR count). The van der Waals surface area contributed by atoms with E-state index in [2.05, 4.69) is 37.2 Å². The van der Waals surface area contributed by atoms with Crippen molar-refractivity contribution >= 4 is 43.2 Å². The van der Waals surface area contributed by atoms with Crippen LogP contribution in [0.15, 0.2) is 33.2 Å². The molecule has 2 aromatic rings. The first kappa shape index (κ1) is 17.0. The minimum absolute atomic E-state index is 0.295. The molecule has 1 heterocycles. The molecule has 1 aromatic heterocycles. The van der Waals surface area contributed by atoms with Crippen LogP contribution in [0.1, 0.15) is 26.9 Å². The molecule has 7 heteroatoms. The van der Waals surface area contributed by atoms with Gasteiger partial charge in [0.05, 0.1) is 11.6 Å². The lowest BCUT2D eigenvalue weighted by Crippen LogP contribution is -2.18. The molecular formula is C14H12Br2F3NS. The Bertz CT molecular complexity index is 633. The average molecular weight is 443 g/mol. The molecule has 0 saturated carbocycles. The van der Waals surface area contributed by atoms with Crippen molar-refractivity contribution in [1.82, 2.24) is 5.32 Å². The van der Waals surface area contributed by atoms with Crippen LogP contribution in [0.2, 0.25) is 0 Å². The maximum atomic E-state index is 12.9. The topological polar surface area (TPSA) is 12.0 Å². The van der Waals surface area contributed by atoms with Gasteiger partial charge in [-0.2, -0.15) is 13.2 Å². The first-order valence-corrected chi connectivity index (χ1v) is 8.44. The summed E-state index contributed by atoms with van der Waals surface area (Å²) in [5.41, 5.74) is -0.0747. The molecule has 1 nitrogen and oxygen atoms in total. The second kappa shape index (κ2) is 6.40. The van der Waals surface area contributed by atoms with Gasteiger partial charge in [0.15, 0.2) is 0 Å². The standard InChI is InChI=1S/C14H12Br2F3NS/c1-7-11(16)6-12(21-7)13(20-2)9-5-8(14(17,18)19)3-4-10(9)15/h3-6,13,20H,1-2H3. The van der Waals surface area contributed by atoms with E-state index in [0.717, 1.165) is 20.3 Å². The molecule has 0 amide bonds. The summed E-state index contributed by atoms with van der Waals surface area (Å²) < 4.78 is 40.3. The second-order valence-electron chi connectivity index (χ2n) is 4.51. The average Bonchev–Trinajstić information content (AvgIpc) is 2.71. The van der Waals surface area contributed by atoms with E-state index >= 15 is 0 Å². The van der Waals surface area contributed by atoms with Crippen LogP contribution in [0.5, 0.6) is 0 Å². The Morgan fingerprint density at radius 1 is 1.14 bits per heavy atom. The lowest BCUT2D eigenvalue weighted by atomic mass is 10.0. The van der Waals surface area contributed by atoms with E-state index in [-0.39, 0.29) is 6.04 Å². The predicted octanol–water partition coefficient (Wildman–Crippen LogP) is 5.91. The Morgan fingerprint density at radius 2 is 1.81 bits per heavy atom. The van der Waals surface area contributed by atoms with Crippen LogP contribution >= 0.6 is 43.2 Å². The molecule has 114 valence electrons. The van der Waals surface area contributed by atoms with Gasteiger partial charge in [-0.3, -0.25) is 0 Å². The fourth-order valence-electron chi connectivity index (χ4n) is 2.02. The molecule has 0 radical (unpaired) electrons. The minimum Gasteiger partial charge on any atom is -0.309 e. The lowest BCUT2D eigenvalue weighted by molar-refractivity contribution is -0.137. The summed E-state index contributed by atoms with van der Waals surface area (Å²) in [5.74, 6) is 0. The summed E-state index contributed by atoms with van der Waals surface area (Å²) in [6.45, 7) is 1.96. The largest absolute Gasteiger partial charge is 0.416 e. The molecule has 1 aromatic carbocycles. The van der Waals surface area contributed by atoms with Gasteiger partial charge in [0.25, 0.3) is 0 Å². The number of nitrogens with one attached hydrogen (secondary N) is 1. The second-order valence-corrected chi connectivity index (χ2v) is 7.51. The highest BCUT2D eigenvalue weighted by atomic mass is 79.9. The third kappa shape index (κ3) is 3.70. The number of benzene rings is 1. The summed E-state index contributed by atoms with van der Waals surface area (Å²) in [4.78, 5) is 2.05. The maximum Gasteiger partial charge on any atom is 0.416 e. The molecule has 0 bridgehead atoms. The van der Waals surface area contributed by atoms with Gasteiger partial charge in [-0.25, -0.2) is 0 Å². The van der Waals surface area contributed by atoms with Gasteiger partial charge in [-0.05, 0) is 59.7 Å². The monoisotopic (exact) mass is 441 g/mol. The third-order valence-electron chi connectivity index (χ3n) is 3.08. The van der Waals surface area contributed by atoms with Crippen LogP contribution in [-0.4, -0.2) is 7.05 Å². The highest BCUT2D eigenvalue weighted by molar-refractivity contribution is 9.10. The number of hydrogen-bond donors (Lipinski definition) is 1. The molecule has 0 fully saturated rings. The van der Waals surface area contributed by atoms with Crippen molar-refractivity contribution in [2.24, 2.45) is 0 Å². The van der Waals surface area contributed by atoms with E-state index in [4.69, 9.17) is 0 Å². The van der Waals surface area contributed by atoms with E-state index < -0.39 is 11.7 Å². The van der Waals surface area contributed by atoms with Crippen LogP contribution in [0, 0.1) is 6.92 Å². The van der Waals surface area contributed by atoms with Crippen molar-refractivity contribution in [3.63, 3.8) is 0 Å². The van der Waals surface area contributed by atoms with Crippen LogP contribution < -0.4 is 5.32 Å². The summed E-state index contributed by atoms with van der Waals surface area (Å²) >= 11 is 8.34. The molecular weight excluding hydrogens is 431 g/mol. The molecule has 0 aliphatic carbocycles. The van der Waals surface area contributed by atoms with Crippen molar-refractivity contribution in [2.45, 2.75) is 19.1 Å². The van der Waals surface area contributed by atoms with E-state index in [1.54, 1.807) is 18.4 Å². The van der Waals surface area contributed by atoms with Gasteiger partial charge in [-0.1, -0.05) is 15.9 Å². The first-order chi connectivity index (χ1) is 9.74. The highest BCUT2D eigenvalue weighted by Crippen LogP contribution is 2.38. The Hall–Kier alpha value is -0.370. The van der Waals surface area contributed by atoms with Crippen molar-refractivity contribution < 1.29 is 13.2 Å². The third-order valence-corrected chi connectivity index (χ3v) is 6.01. The molecule has 0 aliphatic heterocycles. The zero-order chi connectivity index (χ0) is 15.8. The molecule has 0 spiro atoms. The van der Waals surface area contributed by atoms with E-state index in [1.807, 2.05) is 13.0 Å². The lowest BCUT2D eigenvalue weighted by Gasteiger charge is -2.18. The highest BCUT2D eigenvalue weighted by Gasteiger charge is 2.32. The number of halogens is 5. The molecule has 0 saturated heterocycles. The van der Waals surface area contributed by atoms with Crippen LogP contribution in [0.4, 0.5) is 13.2 Å².